The lowest BCUT2D eigenvalue weighted by Crippen LogP contribution is -2.25. The van der Waals surface area contributed by atoms with E-state index in [1.807, 2.05) is 37.4 Å². The van der Waals surface area contributed by atoms with E-state index in [2.05, 4.69) is 57.0 Å². The van der Waals surface area contributed by atoms with Gasteiger partial charge in [-0.25, -0.2) is 9.97 Å². The van der Waals surface area contributed by atoms with Crippen molar-refractivity contribution in [3.05, 3.63) is 77.2 Å². The van der Waals surface area contributed by atoms with Gasteiger partial charge in [0.25, 0.3) is 5.91 Å². The maximum absolute atomic E-state index is 13.1. The van der Waals surface area contributed by atoms with Crippen molar-refractivity contribution in [3.8, 4) is 11.3 Å². The SMILES string of the molecule is CC(C)n1cc(-c2cc(N(C)Cc3ccccc3)n3ncc(C(=O)NC4CC4)c3n2)c2cc(Cl)cnc21. The van der Waals surface area contributed by atoms with E-state index in [9.17, 15) is 4.79 Å². The van der Waals surface area contributed by atoms with Crippen molar-refractivity contribution in [3.63, 3.8) is 0 Å². The molecule has 9 heteroatoms. The molecule has 188 valence electrons. The van der Waals surface area contributed by atoms with Crippen LogP contribution in [0.15, 0.2) is 61.1 Å². The van der Waals surface area contributed by atoms with Crippen LogP contribution < -0.4 is 10.2 Å². The van der Waals surface area contributed by atoms with E-state index in [1.54, 1.807) is 16.9 Å². The van der Waals surface area contributed by atoms with Gasteiger partial charge < -0.3 is 14.8 Å². The minimum Gasteiger partial charge on any atom is -0.355 e. The Morgan fingerprint density at radius 1 is 1.16 bits per heavy atom. The van der Waals surface area contributed by atoms with Crippen LogP contribution in [-0.4, -0.2) is 43.1 Å². The van der Waals surface area contributed by atoms with E-state index < -0.39 is 0 Å². The van der Waals surface area contributed by atoms with Gasteiger partial charge in [-0.1, -0.05) is 41.9 Å². The van der Waals surface area contributed by atoms with Crippen LogP contribution in [0.2, 0.25) is 5.02 Å². The van der Waals surface area contributed by atoms with Crippen LogP contribution in [0.5, 0.6) is 0 Å². The topological polar surface area (TPSA) is 80.4 Å². The Kier molecular flexibility index (Phi) is 5.83. The Morgan fingerprint density at radius 3 is 2.68 bits per heavy atom. The lowest BCUT2D eigenvalue weighted by atomic mass is 10.1. The average molecular weight is 514 g/mol. The highest BCUT2D eigenvalue weighted by atomic mass is 35.5. The van der Waals surface area contributed by atoms with Crippen LogP contribution in [0.25, 0.3) is 27.9 Å². The molecule has 4 heterocycles. The summed E-state index contributed by atoms with van der Waals surface area (Å²) in [7, 11) is 2.02. The van der Waals surface area contributed by atoms with Crippen LogP contribution in [0.4, 0.5) is 5.82 Å². The van der Waals surface area contributed by atoms with E-state index in [1.165, 1.54) is 5.56 Å². The molecule has 0 atom stereocenters. The number of carbonyl (C=O) groups is 1. The molecule has 0 spiro atoms. The Labute approximate surface area is 219 Å². The molecular formula is C28H28ClN7O. The maximum atomic E-state index is 13.1. The average Bonchev–Trinajstić information content (AvgIpc) is 3.45. The summed E-state index contributed by atoms with van der Waals surface area (Å²) in [4.78, 5) is 24.8. The van der Waals surface area contributed by atoms with E-state index in [4.69, 9.17) is 16.6 Å². The molecule has 0 saturated heterocycles. The Bertz CT molecular complexity index is 1620. The number of pyridine rings is 1. The fourth-order valence-corrected chi connectivity index (χ4v) is 4.81. The third kappa shape index (κ3) is 4.42. The standard InChI is InChI=1S/C28H28ClN7O/c1-17(2)35-16-23(21-11-19(29)13-30-26(21)35)24-12-25(34(3)15-18-7-5-4-6-8-18)36-27(33-24)22(14-31-36)28(37)32-20-9-10-20/h4-8,11-14,16-17,20H,9-10,15H2,1-3H3,(H,32,37). The zero-order chi connectivity index (χ0) is 25.7. The van der Waals surface area contributed by atoms with Gasteiger partial charge in [-0.05, 0) is 38.3 Å². The second-order valence-corrected chi connectivity index (χ2v) is 10.4. The highest BCUT2D eigenvalue weighted by molar-refractivity contribution is 6.31. The van der Waals surface area contributed by atoms with Crippen molar-refractivity contribution < 1.29 is 4.79 Å². The predicted octanol–water partition coefficient (Wildman–Crippen LogP) is 5.51. The lowest BCUT2D eigenvalue weighted by Gasteiger charge is -2.21. The quantitative estimate of drug-likeness (QED) is 0.310. The molecule has 1 aliphatic rings. The minimum atomic E-state index is -0.145. The van der Waals surface area contributed by atoms with Crippen molar-refractivity contribution >= 4 is 40.0 Å². The number of aromatic nitrogens is 5. The zero-order valence-corrected chi connectivity index (χ0v) is 21.8. The van der Waals surface area contributed by atoms with Gasteiger partial charge in [0.1, 0.15) is 17.0 Å². The number of benzene rings is 1. The van der Waals surface area contributed by atoms with Crippen LogP contribution in [0.3, 0.4) is 0 Å². The highest BCUT2D eigenvalue weighted by Gasteiger charge is 2.27. The number of halogens is 1. The van der Waals surface area contributed by atoms with Gasteiger partial charge in [0.2, 0.25) is 0 Å². The largest absolute Gasteiger partial charge is 0.355 e. The van der Waals surface area contributed by atoms with Gasteiger partial charge in [0.05, 0.1) is 16.9 Å². The summed E-state index contributed by atoms with van der Waals surface area (Å²) in [6.07, 6.45) is 7.37. The second kappa shape index (κ2) is 9.19. The smallest absolute Gasteiger partial charge is 0.256 e. The van der Waals surface area contributed by atoms with Crippen molar-refractivity contribution in [1.29, 1.82) is 0 Å². The Morgan fingerprint density at radius 2 is 1.95 bits per heavy atom. The fraction of sp³-hybridized carbons (Fsp3) is 0.286. The molecule has 1 saturated carbocycles. The van der Waals surface area contributed by atoms with E-state index >= 15 is 0 Å². The van der Waals surface area contributed by atoms with Gasteiger partial charge >= 0.3 is 0 Å². The summed E-state index contributed by atoms with van der Waals surface area (Å²) in [5.41, 5.74) is 4.64. The lowest BCUT2D eigenvalue weighted by molar-refractivity contribution is 0.0952. The Hall–Kier alpha value is -3.91. The second-order valence-electron chi connectivity index (χ2n) is 9.95. The molecule has 0 radical (unpaired) electrons. The zero-order valence-electron chi connectivity index (χ0n) is 21.0. The van der Waals surface area contributed by atoms with Gasteiger partial charge in [0, 0.05) is 55.1 Å². The molecule has 0 bridgehead atoms. The van der Waals surface area contributed by atoms with Crippen molar-refractivity contribution in [2.45, 2.75) is 45.3 Å². The maximum Gasteiger partial charge on any atom is 0.256 e. The molecule has 1 aliphatic carbocycles. The molecule has 0 unspecified atom stereocenters. The molecule has 0 aliphatic heterocycles. The molecule has 8 nitrogen and oxygen atoms in total. The first-order valence-corrected chi connectivity index (χ1v) is 12.9. The summed E-state index contributed by atoms with van der Waals surface area (Å²) in [6, 6.07) is 14.6. The molecule has 6 rings (SSSR count). The molecule has 1 fully saturated rings. The summed E-state index contributed by atoms with van der Waals surface area (Å²) in [5, 5.41) is 9.14. The van der Waals surface area contributed by atoms with Gasteiger partial charge in [0.15, 0.2) is 5.65 Å². The molecule has 5 aromatic rings. The monoisotopic (exact) mass is 513 g/mol. The number of carbonyl (C=O) groups excluding carboxylic acids is 1. The molecule has 1 aromatic carbocycles. The van der Waals surface area contributed by atoms with Crippen molar-refractivity contribution in [1.82, 2.24) is 29.5 Å². The number of rotatable bonds is 7. The van der Waals surface area contributed by atoms with E-state index in [0.717, 1.165) is 41.0 Å². The van der Waals surface area contributed by atoms with Crippen LogP contribution in [0, 0.1) is 0 Å². The molecule has 1 amide bonds. The first-order valence-electron chi connectivity index (χ1n) is 12.5. The number of nitrogens with one attached hydrogen (secondary N) is 1. The van der Waals surface area contributed by atoms with E-state index in [0.29, 0.717) is 22.8 Å². The third-order valence-electron chi connectivity index (χ3n) is 6.73. The van der Waals surface area contributed by atoms with E-state index in [-0.39, 0.29) is 18.0 Å². The summed E-state index contributed by atoms with van der Waals surface area (Å²) in [5.74, 6) is 0.683. The molecular weight excluding hydrogens is 486 g/mol. The van der Waals surface area contributed by atoms with Crippen molar-refractivity contribution in [2.75, 3.05) is 11.9 Å². The van der Waals surface area contributed by atoms with Crippen LogP contribution >= 0.6 is 11.6 Å². The third-order valence-corrected chi connectivity index (χ3v) is 6.94. The number of amides is 1. The van der Waals surface area contributed by atoms with Gasteiger partial charge in [-0.3, -0.25) is 4.79 Å². The molecule has 4 aromatic heterocycles. The molecule has 37 heavy (non-hydrogen) atoms. The minimum absolute atomic E-state index is 0.145. The van der Waals surface area contributed by atoms with Gasteiger partial charge in [-0.2, -0.15) is 9.61 Å². The number of hydrogen-bond donors (Lipinski definition) is 1. The Balaban J connectivity index is 1.54. The van der Waals surface area contributed by atoms with Crippen LogP contribution in [-0.2, 0) is 6.54 Å². The number of nitrogens with zero attached hydrogens (tertiary/aromatic N) is 6. The first kappa shape index (κ1) is 23.5. The van der Waals surface area contributed by atoms with Crippen molar-refractivity contribution in [2.24, 2.45) is 0 Å². The highest BCUT2D eigenvalue weighted by Crippen LogP contribution is 2.34. The number of hydrogen-bond acceptors (Lipinski definition) is 5. The number of anilines is 1. The van der Waals surface area contributed by atoms with Crippen LogP contribution in [0.1, 0.15) is 48.7 Å². The number of fused-ring (bicyclic) bond motifs is 2. The summed E-state index contributed by atoms with van der Waals surface area (Å²) >= 11 is 6.37. The fourth-order valence-electron chi connectivity index (χ4n) is 4.65. The summed E-state index contributed by atoms with van der Waals surface area (Å²) in [6.45, 7) is 4.91. The summed E-state index contributed by atoms with van der Waals surface area (Å²) < 4.78 is 3.87. The first-order chi connectivity index (χ1) is 17.9. The normalized spacial score (nSPS) is 13.5. The molecule has 1 N–H and O–H groups in total. The van der Waals surface area contributed by atoms with Gasteiger partial charge in [-0.15, -0.1) is 0 Å². The predicted molar refractivity (Wildman–Crippen MR) is 146 cm³/mol.